The number of rotatable bonds is 8. The van der Waals surface area contributed by atoms with Crippen molar-refractivity contribution in [1.82, 2.24) is 5.32 Å². The van der Waals surface area contributed by atoms with Gasteiger partial charge in [-0.2, -0.15) is 0 Å². The molecule has 8 nitrogen and oxygen atoms in total. The standard InChI is InChI=1S/C20H19Cl2N3O5/c1-11(25-30-2)18(26)24-16(20(28)29)10-12-6-8-13(9-7-12)23-19(27)17-14(21)4-3-5-15(17)22/h3-9,16H,10H2,1-2H3,(H,23,27)(H,24,26)(H,28,29)/t16-/m0/s1. The molecule has 0 aliphatic carbocycles. The lowest BCUT2D eigenvalue weighted by atomic mass is 10.1. The predicted octanol–water partition coefficient (Wildman–Crippen LogP) is 3.38. The first-order valence-electron chi connectivity index (χ1n) is 8.68. The third-order valence-corrected chi connectivity index (χ3v) is 4.63. The van der Waals surface area contributed by atoms with Gasteiger partial charge >= 0.3 is 5.97 Å². The highest BCUT2D eigenvalue weighted by Crippen LogP contribution is 2.25. The zero-order valence-corrected chi connectivity index (χ0v) is 17.6. The normalized spacial score (nSPS) is 12.1. The summed E-state index contributed by atoms with van der Waals surface area (Å²) in [6.07, 6.45) is 0.0336. The summed E-state index contributed by atoms with van der Waals surface area (Å²) >= 11 is 12.1. The van der Waals surface area contributed by atoms with Crippen LogP contribution in [0.3, 0.4) is 0 Å². The van der Waals surface area contributed by atoms with Crippen molar-refractivity contribution >= 4 is 52.4 Å². The molecule has 0 saturated carbocycles. The molecule has 0 bridgehead atoms. The molecular weight excluding hydrogens is 433 g/mol. The van der Waals surface area contributed by atoms with Crippen LogP contribution in [-0.2, 0) is 20.8 Å². The first kappa shape index (κ1) is 23.2. The van der Waals surface area contributed by atoms with E-state index in [1.807, 2.05) is 0 Å². The fourth-order valence-corrected chi connectivity index (χ4v) is 3.08. The highest BCUT2D eigenvalue weighted by Gasteiger charge is 2.22. The van der Waals surface area contributed by atoms with Gasteiger partial charge in [0.25, 0.3) is 11.8 Å². The number of halogens is 2. The molecule has 0 heterocycles. The Hall–Kier alpha value is -3.10. The summed E-state index contributed by atoms with van der Waals surface area (Å²) in [5.41, 5.74) is 1.27. The molecule has 0 saturated heterocycles. The van der Waals surface area contributed by atoms with E-state index in [0.29, 0.717) is 11.3 Å². The molecular formula is C20H19Cl2N3O5. The fourth-order valence-electron chi connectivity index (χ4n) is 2.51. The van der Waals surface area contributed by atoms with E-state index in [1.165, 1.54) is 14.0 Å². The number of carbonyl (C=O) groups is 3. The maximum Gasteiger partial charge on any atom is 0.326 e. The minimum Gasteiger partial charge on any atom is -0.480 e. The van der Waals surface area contributed by atoms with Crippen molar-refractivity contribution in [1.29, 1.82) is 0 Å². The number of hydrogen-bond acceptors (Lipinski definition) is 5. The lowest BCUT2D eigenvalue weighted by molar-refractivity contribution is -0.141. The van der Waals surface area contributed by atoms with Crippen molar-refractivity contribution in [2.45, 2.75) is 19.4 Å². The van der Waals surface area contributed by atoms with Crippen molar-refractivity contribution in [3.05, 3.63) is 63.6 Å². The molecule has 2 rings (SSSR count). The lowest BCUT2D eigenvalue weighted by Crippen LogP contribution is -2.44. The van der Waals surface area contributed by atoms with Crippen LogP contribution in [0.15, 0.2) is 47.6 Å². The van der Waals surface area contributed by atoms with Crippen molar-refractivity contribution in [2.75, 3.05) is 12.4 Å². The van der Waals surface area contributed by atoms with Gasteiger partial charge in [-0.25, -0.2) is 4.79 Å². The van der Waals surface area contributed by atoms with E-state index < -0.39 is 23.8 Å². The number of carboxylic acid groups (broad SMARTS) is 1. The molecule has 158 valence electrons. The molecule has 0 aliphatic rings. The van der Waals surface area contributed by atoms with Crippen molar-refractivity contribution in [3.8, 4) is 0 Å². The summed E-state index contributed by atoms with van der Waals surface area (Å²) in [7, 11) is 1.28. The van der Waals surface area contributed by atoms with Gasteiger partial charge in [0, 0.05) is 12.1 Å². The van der Waals surface area contributed by atoms with Gasteiger partial charge in [0.05, 0.1) is 15.6 Å². The Morgan fingerprint density at radius 2 is 1.70 bits per heavy atom. The Kier molecular flexibility index (Phi) is 8.20. The molecule has 0 unspecified atom stereocenters. The van der Waals surface area contributed by atoms with E-state index in [2.05, 4.69) is 20.6 Å². The van der Waals surface area contributed by atoms with Crippen LogP contribution in [0.4, 0.5) is 5.69 Å². The summed E-state index contributed by atoms with van der Waals surface area (Å²) in [6.45, 7) is 1.40. The molecule has 1 atom stereocenters. The molecule has 2 aromatic rings. The topological polar surface area (TPSA) is 117 Å². The SMILES string of the molecule is CON=C(C)C(=O)N[C@@H](Cc1ccc(NC(=O)c2c(Cl)cccc2Cl)cc1)C(=O)O. The van der Waals surface area contributed by atoms with Gasteiger partial charge in [-0.15, -0.1) is 0 Å². The molecule has 3 N–H and O–H groups in total. The monoisotopic (exact) mass is 451 g/mol. The van der Waals surface area contributed by atoms with Crippen LogP contribution in [0.25, 0.3) is 0 Å². The minimum absolute atomic E-state index is 0.0000406. The van der Waals surface area contributed by atoms with Gasteiger partial charge in [0.2, 0.25) is 0 Å². The second kappa shape index (κ2) is 10.6. The maximum absolute atomic E-state index is 12.4. The maximum atomic E-state index is 12.4. The Morgan fingerprint density at radius 1 is 1.10 bits per heavy atom. The molecule has 0 aliphatic heterocycles. The number of carbonyl (C=O) groups excluding carboxylic acids is 2. The molecule has 0 aromatic heterocycles. The molecule has 2 amide bonds. The number of nitrogens with one attached hydrogen (secondary N) is 2. The lowest BCUT2D eigenvalue weighted by Gasteiger charge is -2.15. The first-order chi connectivity index (χ1) is 14.2. The van der Waals surface area contributed by atoms with E-state index in [0.717, 1.165) is 0 Å². The fraction of sp³-hybridized carbons (Fsp3) is 0.200. The van der Waals surface area contributed by atoms with Gasteiger partial charge in [0.15, 0.2) is 0 Å². The number of aliphatic carboxylic acids is 1. The zero-order chi connectivity index (χ0) is 22.3. The number of benzene rings is 2. The van der Waals surface area contributed by atoms with Gasteiger partial charge < -0.3 is 20.6 Å². The van der Waals surface area contributed by atoms with Crippen LogP contribution in [0, 0.1) is 0 Å². The van der Waals surface area contributed by atoms with Crippen LogP contribution in [0.5, 0.6) is 0 Å². The third kappa shape index (κ3) is 6.20. The van der Waals surface area contributed by atoms with E-state index in [4.69, 9.17) is 23.2 Å². The summed E-state index contributed by atoms with van der Waals surface area (Å²) in [5, 5.41) is 18.4. The quantitative estimate of drug-likeness (QED) is 0.420. The average molecular weight is 452 g/mol. The largest absolute Gasteiger partial charge is 0.480 e. The molecule has 0 spiro atoms. The Labute approximate surface area is 182 Å². The highest BCUT2D eigenvalue weighted by molar-refractivity contribution is 6.40. The highest BCUT2D eigenvalue weighted by atomic mass is 35.5. The molecule has 0 radical (unpaired) electrons. The third-order valence-electron chi connectivity index (χ3n) is 4.00. The first-order valence-corrected chi connectivity index (χ1v) is 9.44. The van der Waals surface area contributed by atoms with Gasteiger partial charge in [0.1, 0.15) is 18.9 Å². The summed E-state index contributed by atoms with van der Waals surface area (Å²) in [6, 6.07) is 10.1. The zero-order valence-electron chi connectivity index (χ0n) is 16.1. The second-order valence-corrected chi connectivity index (χ2v) is 6.99. The number of hydrogen-bond donors (Lipinski definition) is 3. The van der Waals surface area contributed by atoms with E-state index in [1.54, 1.807) is 42.5 Å². The van der Waals surface area contributed by atoms with E-state index in [9.17, 15) is 19.5 Å². The number of nitrogens with zero attached hydrogens (tertiary/aromatic N) is 1. The predicted molar refractivity (Wildman–Crippen MR) is 114 cm³/mol. The summed E-state index contributed by atoms with van der Waals surface area (Å²) in [4.78, 5) is 40.4. The average Bonchev–Trinajstić information content (AvgIpc) is 2.68. The van der Waals surface area contributed by atoms with Crippen molar-refractivity contribution < 1.29 is 24.3 Å². The number of carboxylic acids is 1. The Balaban J connectivity index is 2.07. The molecule has 0 fully saturated rings. The summed E-state index contributed by atoms with van der Waals surface area (Å²) in [5.74, 6) is -2.31. The van der Waals surface area contributed by atoms with E-state index in [-0.39, 0.29) is 27.7 Å². The summed E-state index contributed by atoms with van der Waals surface area (Å²) < 4.78 is 0. The second-order valence-electron chi connectivity index (χ2n) is 6.18. The molecule has 2 aromatic carbocycles. The molecule has 10 heteroatoms. The van der Waals surface area contributed by atoms with Crippen molar-refractivity contribution in [2.24, 2.45) is 5.16 Å². The van der Waals surface area contributed by atoms with E-state index >= 15 is 0 Å². The van der Waals surface area contributed by atoms with Gasteiger partial charge in [-0.1, -0.05) is 46.6 Å². The van der Waals surface area contributed by atoms with Crippen LogP contribution in [0.1, 0.15) is 22.8 Å². The Bertz CT molecular complexity index is 957. The number of anilines is 1. The number of amides is 2. The van der Waals surface area contributed by atoms with Crippen molar-refractivity contribution in [3.63, 3.8) is 0 Å². The van der Waals surface area contributed by atoms with Gasteiger partial charge in [-0.05, 0) is 36.8 Å². The minimum atomic E-state index is -1.20. The van der Waals surface area contributed by atoms with Crippen LogP contribution < -0.4 is 10.6 Å². The van der Waals surface area contributed by atoms with Crippen LogP contribution >= 0.6 is 23.2 Å². The van der Waals surface area contributed by atoms with Crippen LogP contribution in [-0.4, -0.2) is 41.8 Å². The van der Waals surface area contributed by atoms with Gasteiger partial charge in [-0.3, -0.25) is 9.59 Å². The van der Waals surface area contributed by atoms with Crippen LogP contribution in [0.2, 0.25) is 10.0 Å². The molecule has 30 heavy (non-hydrogen) atoms. The number of oxime groups is 1. The smallest absolute Gasteiger partial charge is 0.326 e. The Morgan fingerprint density at radius 3 is 2.23 bits per heavy atom.